The maximum atomic E-state index is 14.2. The highest BCUT2D eigenvalue weighted by molar-refractivity contribution is 6.09. The molecule has 2 fully saturated rings. The third-order valence-electron chi connectivity index (χ3n) is 5.96. The van der Waals surface area contributed by atoms with Crippen molar-refractivity contribution in [2.45, 2.75) is 51.1 Å². The van der Waals surface area contributed by atoms with Gasteiger partial charge >= 0.3 is 6.03 Å². The lowest BCUT2D eigenvalue weighted by Crippen LogP contribution is -2.47. The van der Waals surface area contributed by atoms with Crippen molar-refractivity contribution >= 4 is 17.8 Å². The molecular weight excluding hydrogens is 368 g/mol. The first kappa shape index (κ1) is 20.2. The van der Waals surface area contributed by atoms with Gasteiger partial charge in [0.25, 0.3) is 5.91 Å². The second kappa shape index (κ2) is 7.48. The summed E-state index contributed by atoms with van der Waals surface area (Å²) in [5.74, 6) is -2.03. The summed E-state index contributed by atoms with van der Waals surface area (Å²) in [7, 11) is 1.67. The van der Waals surface area contributed by atoms with Crippen LogP contribution in [0.5, 0.6) is 0 Å². The number of benzene rings is 1. The van der Waals surface area contributed by atoms with E-state index in [4.69, 9.17) is 0 Å². The highest BCUT2D eigenvalue weighted by Crippen LogP contribution is 2.31. The van der Waals surface area contributed by atoms with Crippen molar-refractivity contribution in [1.29, 1.82) is 0 Å². The lowest BCUT2D eigenvalue weighted by Gasteiger charge is -2.34. The molecule has 0 radical (unpaired) electrons. The average Bonchev–Trinajstić information content (AvgIpc) is 2.87. The average molecular weight is 393 g/mol. The Morgan fingerprint density at radius 2 is 1.89 bits per heavy atom. The van der Waals surface area contributed by atoms with Crippen LogP contribution in [0.2, 0.25) is 0 Å². The summed E-state index contributed by atoms with van der Waals surface area (Å²) < 4.78 is 27.8. The standard InChI is InChI=1S/C20H25F2N3O3/c1-12-4-7-14(8-5-12)24(3)17(26)11-25-18(27)20(2,23-19(25)28)15-10-13(21)6-9-16(15)22/h6,9-10,12,14H,4-5,7-8,11H2,1-3H3,(H,23,28). The Morgan fingerprint density at radius 3 is 2.54 bits per heavy atom. The van der Waals surface area contributed by atoms with Crippen LogP contribution in [0.4, 0.5) is 13.6 Å². The summed E-state index contributed by atoms with van der Waals surface area (Å²) >= 11 is 0. The van der Waals surface area contributed by atoms with Gasteiger partial charge in [0.2, 0.25) is 5.91 Å². The molecule has 1 aromatic rings. The van der Waals surface area contributed by atoms with Gasteiger partial charge in [0.15, 0.2) is 0 Å². The number of urea groups is 1. The minimum absolute atomic E-state index is 0.0801. The molecule has 2 aliphatic rings. The maximum Gasteiger partial charge on any atom is 0.325 e. The highest BCUT2D eigenvalue weighted by Gasteiger charge is 2.51. The zero-order chi connectivity index (χ0) is 20.6. The van der Waals surface area contributed by atoms with E-state index in [-0.39, 0.29) is 17.5 Å². The monoisotopic (exact) mass is 393 g/mol. The van der Waals surface area contributed by atoms with Gasteiger partial charge in [-0.2, -0.15) is 0 Å². The van der Waals surface area contributed by atoms with E-state index in [0.717, 1.165) is 48.8 Å². The number of hydrogen-bond acceptors (Lipinski definition) is 3. The van der Waals surface area contributed by atoms with Crippen LogP contribution < -0.4 is 5.32 Å². The molecule has 3 rings (SSSR count). The Hall–Kier alpha value is -2.51. The molecule has 0 aromatic heterocycles. The molecule has 4 amide bonds. The van der Waals surface area contributed by atoms with Crippen LogP contribution >= 0.6 is 0 Å². The largest absolute Gasteiger partial charge is 0.341 e. The first-order chi connectivity index (χ1) is 13.1. The predicted octanol–water partition coefficient (Wildman–Crippen LogP) is 2.77. The fraction of sp³-hybridized carbons (Fsp3) is 0.550. The van der Waals surface area contributed by atoms with Gasteiger partial charge in [0.05, 0.1) is 0 Å². The van der Waals surface area contributed by atoms with Crippen LogP contribution in [0.15, 0.2) is 18.2 Å². The fourth-order valence-electron chi connectivity index (χ4n) is 3.98. The van der Waals surface area contributed by atoms with E-state index in [1.54, 1.807) is 11.9 Å². The Morgan fingerprint density at radius 1 is 1.25 bits per heavy atom. The number of hydrogen-bond donors (Lipinski definition) is 1. The van der Waals surface area contributed by atoms with E-state index >= 15 is 0 Å². The van der Waals surface area contributed by atoms with Gasteiger partial charge < -0.3 is 10.2 Å². The predicted molar refractivity (Wildman–Crippen MR) is 98.1 cm³/mol. The molecule has 1 saturated heterocycles. The van der Waals surface area contributed by atoms with E-state index in [0.29, 0.717) is 5.92 Å². The molecule has 28 heavy (non-hydrogen) atoms. The van der Waals surface area contributed by atoms with E-state index in [2.05, 4.69) is 12.2 Å². The number of nitrogens with zero attached hydrogens (tertiary/aromatic N) is 2. The fourth-order valence-corrected chi connectivity index (χ4v) is 3.98. The molecule has 152 valence electrons. The molecule has 1 aliphatic heterocycles. The van der Waals surface area contributed by atoms with E-state index < -0.39 is 35.7 Å². The molecule has 1 N–H and O–H groups in total. The van der Waals surface area contributed by atoms with Gasteiger partial charge in [-0.05, 0) is 56.7 Å². The quantitative estimate of drug-likeness (QED) is 0.800. The third-order valence-corrected chi connectivity index (χ3v) is 5.96. The van der Waals surface area contributed by atoms with E-state index in [1.165, 1.54) is 6.92 Å². The molecule has 1 saturated carbocycles. The molecule has 1 unspecified atom stereocenters. The number of halogens is 2. The number of amides is 4. The van der Waals surface area contributed by atoms with Crippen LogP contribution in [0.3, 0.4) is 0 Å². The number of carbonyl (C=O) groups is 3. The Balaban J connectivity index is 1.75. The Kier molecular flexibility index (Phi) is 5.41. The van der Waals surface area contributed by atoms with Crippen molar-refractivity contribution in [3.63, 3.8) is 0 Å². The Bertz CT molecular complexity index is 808. The van der Waals surface area contributed by atoms with Gasteiger partial charge in [0, 0.05) is 18.7 Å². The normalized spacial score (nSPS) is 27.7. The molecule has 1 heterocycles. The van der Waals surface area contributed by atoms with Crippen LogP contribution in [0.25, 0.3) is 0 Å². The summed E-state index contributed by atoms with van der Waals surface area (Å²) in [5, 5.41) is 2.40. The van der Waals surface area contributed by atoms with Crippen LogP contribution in [-0.4, -0.2) is 47.3 Å². The van der Waals surface area contributed by atoms with Crippen molar-refractivity contribution in [3.8, 4) is 0 Å². The number of nitrogens with one attached hydrogen (secondary N) is 1. The second-order valence-electron chi connectivity index (χ2n) is 7.99. The molecule has 1 aromatic carbocycles. The van der Waals surface area contributed by atoms with Gasteiger partial charge in [0.1, 0.15) is 23.7 Å². The maximum absolute atomic E-state index is 14.2. The molecule has 1 aliphatic carbocycles. The number of imide groups is 1. The van der Waals surface area contributed by atoms with Crippen LogP contribution in [0.1, 0.15) is 45.1 Å². The molecule has 1 atom stereocenters. The summed E-state index contributed by atoms with van der Waals surface area (Å²) in [4.78, 5) is 40.2. The summed E-state index contributed by atoms with van der Waals surface area (Å²) in [5.41, 5.74) is -2.03. The minimum atomic E-state index is -1.76. The Labute approximate surface area is 162 Å². The number of carbonyl (C=O) groups excluding carboxylic acids is 3. The zero-order valence-electron chi connectivity index (χ0n) is 16.3. The lowest BCUT2D eigenvalue weighted by atomic mass is 9.87. The summed E-state index contributed by atoms with van der Waals surface area (Å²) in [6.45, 7) is 3.05. The van der Waals surface area contributed by atoms with E-state index in [1.807, 2.05) is 0 Å². The lowest BCUT2D eigenvalue weighted by molar-refractivity contribution is -0.139. The SMILES string of the molecule is CC1CCC(N(C)C(=O)CN2C(=O)NC(C)(c3cc(F)ccc3F)C2=O)CC1. The second-order valence-corrected chi connectivity index (χ2v) is 7.99. The third kappa shape index (κ3) is 3.59. The molecule has 0 spiro atoms. The first-order valence-electron chi connectivity index (χ1n) is 9.48. The molecule has 0 bridgehead atoms. The highest BCUT2D eigenvalue weighted by atomic mass is 19.1. The van der Waals surface area contributed by atoms with Crippen molar-refractivity contribution in [1.82, 2.24) is 15.1 Å². The topological polar surface area (TPSA) is 69.7 Å². The van der Waals surface area contributed by atoms with Gasteiger partial charge in [-0.25, -0.2) is 13.6 Å². The van der Waals surface area contributed by atoms with Crippen molar-refractivity contribution in [2.24, 2.45) is 5.92 Å². The molecule has 6 nitrogen and oxygen atoms in total. The van der Waals surface area contributed by atoms with Gasteiger partial charge in [-0.3, -0.25) is 14.5 Å². The van der Waals surface area contributed by atoms with Crippen molar-refractivity contribution in [2.75, 3.05) is 13.6 Å². The number of likely N-dealkylation sites (N-methyl/N-ethyl adjacent to an activating group) is 1. The van der Waals surface area contributed by atoms with Gasteiger partial charge in [-0.1, -0.05) is 6.92 Å². The van der Waals surface area contributed by atoms with Crippen LogP contribution in [0, 0.1) is 17.6 Å². The smallest absolute Gasteiger partial charge is 0.325 e. The van der Waals surface area contributed by atoms with E-state index in [9.17, 15) is 23.2 Å². The van der Waals surface area contributed by atoms with Crippen molar-refractivity contribution in [3.05, 3.63) is 35.4 Å². The van der Waals surface area contributed by atoms with Crippen molar-refractivity contribution < 1.29 is 23.2 Å². The summed E-state index contributed by atoms with van der Waals surface area (Å²) in [6, 6.07) is 2.01. The first-order valence-corrected chi connectivity index (χ1v) is 9.48. The van der Waals surface area contributed by atoms with Crippen LogP contribution in [-0.2, 0) is 15.1 Å². The molecular formula is C20H25F2N3O3. The number of rotatable bonds is 4. The molecule has 8 heteroatoms. The zero-order valence-corrected chi connectivity index (χ0v) is 16.3. The van der Waals surface area contributed by atoms with Gasteiger partial charge in [-0.15, -0.1) is 0 Å². The summed E-state index contributed by atoms with van der Waals surface area (Å²) in [6.07, 6.45) is 3.83. The minimum Gasteiger partial charge on any atom is -0.341 e.